The Morgan fingerprint density at radius 3 is 3.08 bits per heavy atom. The topological polar surface area (TPSA) is 57.3 Å². The van der Waals surface area contributed by atoms with Crippen LogP contribution in [-0.2, 0) is 6.42 Å². The molecule has 2 N–H and O–H groups in total. The predicted octanol–water partition coefficient (Wildman–Crippen LogP) is 2.71. The summed E-state index contributed by atoms with van der Waals surface area (Å²) in [5, 5.41) is 6.91. The molecule has 0 aliphatic carbocycles. The summed E-state index contributed by atoms with van der Waals surface area (Å²) in [4.78, 5) is 19.5. The number of rotatable bonds is 2. The third kappa shape index (κ3) is 2.74. The average Bonchev–Trinajstić information content (AvgIpc) is 2.62. The SMILES string of the molecule is O=C(Nc1ccnc2c1CCC1CNCCN21)c1ccccc1Cl. The van der Waals surface area contributed by atoms with E-state index in [1.165, 1.54) is 0 Å². The molecule has 0 bridgehead atoms. The number of nitrogens with one attached hydrogen (secondary N) is 2. The number of carbonyl (C=O) groups excluding carboxylic acids is 1. The van der Waals surface area contributed by atoms with E-state index in [9.17, 15) is 4.79 Å². The summed E-state index contributed by atoms with van der Waals surface area (Å²) in [5.41, 5.74) is 2.44. The van der Waals surface area contributed by atoms with Crippen LogP contribution in [0, 0.1) is 0 Å². The van der Waals surface area contributed by atoms with Gasteiger partial charge in [-0.1, -0.05) is 23.7 Å². The number of amides is 1. The second-order valence-electron chi connectivity index (χ2n) is 6.18. The molecule has 124 valence electrons. The van der Waals surface area contributed by atoms with Crippen molar-refractivity contribution in [2.75, 3.05) is 29.9 Å². The number of halogens is 1. The predicted molar refractivity (Wildman–Crippen MR) is 96.0 cm³/mol. The van der Waals surface area contributed by atoms with Crippen molar-refractivity contribution in [3.8, 4) is 0 Å². The van der Waals surface area contributed by atoms with Crippen LogP contribution in [0.3, 0.4) is 0 Å². The maximum absolute atomic E-state index is 12.6. The van der Waals surface area contributed by atoms with Gasteiger partial charge in [0.25, 0.3) is 5.91 Å². The number of hydrogen-bond acceptors (Lipinski definition) is 4. The number of fused-ring (bicyclic) bond motifs is 3. The normalized spacial score (nSPS) is 19.4. The fourth-order valence-corrected chi connectivity index (χ4v) is 3.76. The lowest BCUT2D eigenvalue weighted by molar-refractivity contribution is 0.102. The molecule has 24 heavy (non-hydrogen) atoms. The molecule has 2 aliphatic heterocycles. The van der Waals surface area contributed by atoms with Crippen LogP contribution in [0.5, 0.6) is 0 Å². The first-order valence-corrected chi connectivity index (χ1v) is 8.63. The number of carbonyl (C=O) groups is 1. The molecule has 4 rings (SSSR count). The fourth-order valence-electron chi connectivity index (χ4n) is 3.54. The number of hydrogen-bond donors (Lipinski definition) is 2. The van der Waals surface area contributed by atoms with Crippen molar-refractivity contribution in [2.45, 2.75) is 18.9 Å². The molecule has 1 amide bonds. The molecule has 6 heteroatoms. The number of piperazine rings is 1. The lowest BCUT2D eigenvalue weighted by Crippen LogP contribution is -2.53. The van der Waals surface area contributed by atoms with E-state index < -0.39 is 0 Å². The van der Waals surface area contributed by atoms with Gasteiger partial charge in [0.15, 0.2) is 0 Å². The highest BCUT2D eigenvalue weighted by atomic mass is 35.5. The van der Waals surface area contributed by atoms with E-state index in [0.29, 0.717) is 16.6 Å². The second-order valence-corrected chi connectivity index (χ2v) is 6.59. The zero-order chi connectivity index (χ0) is 16.5. The summed E-state index contributed by atoms with van der Waals surface area (Å²) in [6, 6.07) is 9.46. The Bertz CT molecular complexity index is 779. The Labute approximate surface area is 146 Å². The highest BCUT2D eigenvalue weighted by Gasteiger charge is 2.30. The van der Waals surface area contributed by atoms with Gasteiger partial charge in [0.2, 0.25) is 0 Å². The summed E-state index contributed by atoms with van der Waals surface area (Å²) < 4.78 is 0. The van der Waals surface area contributed by atoms with Crippen LogP contribution in [0.2, 0.25) is 5.02 Å². The van der Waals surface area contributed by atoms with Gasteiger partial charge in [-0.2, -0.15) is 0 Å². The Kier molecular flexibility index (Phi) is 4.12. The lowest BCUT2D eigenvalue weighted by atomic mass is 9.96. The van der Waals surface area contributed by atoms with Gasteiger partial charge in [0.1, 0.15) is 5.82 Å². The zero-order valence-corrected chi connectivity index (χ0v) is 14.0. The molecule has 1 aromatic carbocycles. The molecule has 0 radical (unpaired) electrons. The highest BCUT2D eigenvalue weighted by molar-refractivity contribution is 6.34. The molecule has 0 spiro atoms. The second kappa shape index (κ2) is 6.42. The number of pyridine rings is 1. The summed E-state index contributed by atoms with van der Waals surface area (Å²) in [7, 11) is 0. The minimum atomic E-state index is -0.184. The molecule has 1 unspecified atom stereocenters. The van der Waals surface area contributed by atoms with Gasteiger partial charge in [0.05, 0.1) is 10.6 Å². The molecular weight excluding hydrogens is 324 g/mol. The monoisotopic (exact) mass is 342 g/mol. The quantitative estimate of drug-likeness (QED) is 0.881. The van der Waals surface area contributed by atoms with Crippen LogP contribution >= 0.6 is 11.6 Å². The molecule has 1 atom stereocenters. The lowest BCUT2D eigenvalue weighted by Gasteiger charge is -2.41. The van der Waals surface area contributed by atoms with Gasteiger partial charge >= 0.3 is 0 Å². The molecule has 3 heterocycles. The average molecular weight is 343 g/mol. The van der Waals surface area contributed by atoms with E-state index in [1.54, 1.807) is 18.3 Å². The summed E-state index contributed by atoms with van der Waals surface area (Å²) in [6.45, 7) is 2.91. The Morgan fingerprint density at radius 1 is 1.33 bits per heavy atom. The maximum atomic E-state index is 12.6. The van der Waals surface area contributed by atoms with Crippen LogP contribution in [0.25, 0.3) is 0 Å². The molecule has 5 nitrogen and oxygen atoms in total. The van der Waals surface area contributed by atoms with Crippen LogP contribution in [-0.4, -0.2) is 36.6 Å². The maximum Gasteiger partial charge on any atom is 0.257 e. The van der Waals surface area contributed by atoms with Gasteiger partial charge in [-0.25, -0.2) is 4.98 Å². The minimum absolute atomic E-state index is 0.184. The van der Waals surface area contributed by atoms with Crippen molar-refractivity contribution in [1.29, 1.82) is 0 Å². The molecule has 1 saturated heterocycles. The van der Waals surface area contributed by atoms with Gasteiger partial charge in [0, 0.05) is 43.1 Å². The third-order valence-corrected chi connectivity index (χ3v) is 5.08. The number of nitrogens with zero attached hydrogens (tertiary/aromatic N) is 2. The first-order chi connectivity index (χ1) is 11.7. The van der Waals surface area contributed by atoms with Crippen LogP contribution in [0.15, 0.2) is 36.5 Å². The van der Waals surface area contributed by atoms with E-state index in [0.717, 1.165) is 49.5 Å². The third-order valence-electron chi connectivity index (χ3n) is 4.75. The van der Waals surface area contributed by atoms with Crippen LogP contribution in [0.4, 0.5) is 11.5 Å². The van der Waals surface area contributed by atoms with Crippen molar-refractivity contribution >= 4 is 29.0 Å². The summed E-state index contributed by atoms with van der Waals surface area (Å²) in [5.74, 6) is 0.821. The Balaban J connectivity index is 1.63. The van der Waals surface area contributed by atoms with E-state index in [1.807, 2.05) is 18.2 Å². The summed E-state index contributed by atoms with van der Waals surface area (Å²) in [6.07, 6.45) is 3.76. The fraction of sp³-hybridized carbons (Fsp3) is 0.333. The molecule has 0 saturated carbocycles. The van der Waals surface area contributed by atoms with Crippen LogP contribution in [0.1, 0.15) is 22.3 Å². The Morgan fingerprint density at radius 2 is 2.21 bits per heavy atom. The molecule has 2 aromatic rings. The zero-order valence-electron chi connectivity index (χ0n) is 13.3. The first kappa shape index (κ1) is 15.4. The minimum Gasteiger partial charge on any atom is -0.351 e. The number of anilines is 2. The standard InChI is InChI=1S/C18H19ClN4O/c19-15-4-2-1-3-13(15)18(24)22-16-7-8-21-17-14(16)6-5-12-11-20-9-10-23(12)17/h1-4,7-8,12,20H,5-6,9-11H2,(H,21,22,24). The first-order valence-electron chi connectivity index (χ1n) is 8.25. The molecular formula is C18H19ClN4O. The number of benzene rings is 1. The van der Waals surface area contributed by atoms with Crippen molar-refractivity contribution in [3.63, 3.8) is 0 Å². The molecule has 2 aliphatic rings. The molecule has 1 aromatic heterocycles. The van der Waals surface area contributed by atoms with Crippen molar-refractivity contribution in [2.24, 2.45) is 0 Å². The van der Waals surface area contributed by atoms with Crippen LogP contribution < -0.4 is 15.5 Å². The van der Waals surface area contributed by atoms with Crippen molar-refractivity contribution in [3.05, 3.63) is 52.7 Å². The molecule has 1 fully saturated rings. The highest BCUT2D eigenvalue weighted by Crippen LogP contribution is 2.34. The van der Waals surface area contributed by atoms with Gasteiger partial charge in [-0.05, 0) is 31.0 Å². The van der Waals surface area contributed by atoms with Gasteiger partial charge in [-0.15, -0.1) is 0 Å². The van der Waals surface area contributed by atoms with E-state index >= 15 is 0 Å². The Hall–Kier alpha value is -2.11. The number of aromatic nitrogens is 1. The smallest absolute Gasteiger partial charge is 0.257 e. The van der Waals surface area contributed by atoms with E-state index in [4.69, 9.17) is 11.6 Å². The van der Waals surface area contributed by atoms with Crippen molar-refractivity contribution < 1.29 is 4.79 Å². The summed E-state index contributed by atoms with van der Waals surface area (Å²) >= 11 is 6.13. The largest absolute Gasteiger partial charge is 0.351 e. The van der Waals surface area contributed by atoms with Gasteiger partial charge < -0.3 is 15.5 Å². The van der Waals surface area contributed by atoms with E-state index in [2.05, 4.69) is 20.5 Å². The van der Waals surface area contributed by atoms with E-state index in [-0.39, 0.29) is 5.91 Å². The van der Waals surface area contributed by atoms with Crippen molar-refractivity contribution in [1.82, 2.24) is 10.3 Å². The van der Waals surface area contributed by atoms with Gasteiger partial charge in [-0.3, -0.25) is 4.79 Å².